The van der Waals surface area contributed by atoms with Gasteiger partial charge in [0.1, 0.15) is 0 Å². The number of amides is 1. The lowest BCUT2D eigenvalue weighted by Crippen LogP contribution is -2.12. The lowest BCUT2D eigenvalue weighted by atomic mass is 10.1. The largest absolute Gasteiger partial charge is 0.398 e. The van der Waals surface area contributed by atoms with Gasteiger partial charge in [0.05, 0.1) is 16.2 Å². The van der Waals surface area contributed by atoms with E-state index in [0.29, 0.717) is 22.0 Å². The first-order valence-corrected chi connectivity index (χ1v) is 6.72. The van der Waals surface area contributed by atoms with Gasteiger partial charge in [0.15, 0.2) is 0 Å². The predicted octanol–water partition coefficient (Wildman–Crippen LogP) is 3.72. The zero-order valence-electron chi connectivity index (χ0n) is 11.0. The van der Waals surface area contributed by atoms with Gasteiger partial charge in [-0.05, 0) is 42.5 Å². The van der Waals surface area contributed by atoms with E-state index in [1.165, 1.54) is 0 Å². The highest BCUT2D eigenvalue weighted by Gasteiger charge is 2.08. The van der Waals surface area contributed by atoms with Gasteiger partial charge in [-0.2, -0.15) is 0 Å². The van der Waals surface area contributed by atoms with Crippen LogP contribution < -0.4 is 11.1 Å². The number of hydrogen-bond donors (Lipinski definition) is 2. The number of carbonyl (C=O) groups is 1. The Hall–Kier alpha value is -2.59. The van der Waals surface area contributed by atoms with E-state index >= 15 is 0 Å². The van der Waals surface area contributed by atoms with Gasteiger partial charge in [0.2, 0.25) is 0 Å². The van der Waals surface area contributed by atoms with Gasteiger partial charge in [-0.15, -0.1) is 0 Å². The molecule has 0 saturated heterocycles. The second kappa shape index (κ2) is 5.42. The highest BCUT2D eigenvalue weighted by molar-refractivity contribution is 6.33. The van der Waals surface area contributed by atoms with Crippen LogP contribution in [0.3, 0.4) is 0 Å². The minimum Gasteiger partial charge on any atom is -0.398 e. The highest BCUT2D eigenvalue weighted by atomic mass is 35.5. The molecule has 1 heterocycles. The van der Waals surface area contributed by atoms with Crippen molar-refractivity contribution in [3.05, 3.63) is 65.3 Å². The number of nitrogens with two attached hydrogens (primary N) is 1. The van der Waals surface area contributed by atoms with Crippen molar-refractivity contribution in [1.29, 1.82) is 0 Å². The van der Waals surface area contributed by atoms with Crippen molar-refractivity contribution in [2.45, 2.75) is 0 Å². The molecule has 0 spiro atoms. The molecule has 3 rings (SSSR count). The quantitative estimate of drug-likeness (QED) is 0.708. The van der Waals surface area contributed by atoms with Crippen molar-refractivity contribution >= 4 is 39.8 Å². The van der Waals surface area contributed by atoms with Crippen molar-refractivity contribution in [2.75, 3.05) is 11.1 Å². The first kappa shape index (κ1) is 13.4. The van der Waals surface area contributed by atoms with E-state index in [1.807, 2.05) is 30.3 Å². The fraction of sp³-hybridized carbons (Fsp3) is 0. The number of nitrogen functional groups attached to an aromatic ring is 1. The minimum atomic E-state index is -0.236. The van der Waals surface area contributed by atoms with Gasteiger partial charge < -0.3 is 11.1 Å². The molecule has 0 radical (unpaired) electrons. The average Bonchev–Trinajstić information content (AvgIpc) is 2.50. The number of anilines is 2. The average molecular weight is 298 g/mol. The molecular weight excluding hydrogens is 286 g/mol. The molecule has 0 aliphatic rings. The summed E-state index contributed by atoms with van der Waals surface area (Å²) in [4.78, 5) is 16.4. The molecule has 0 fully saturated rings. The number of hydrogen-bond acceptors (Lipinski definition) is 3. The lowest BCUT2D eigenvalue weighted by Gasteiger charge is -2.07. The summed E-state index contributed by atoms with van der Waals surface area (Å²) in [6.07, 6.45) is 1.73. The monoisotopic (exact) mass is 297 g/mol. The van der Waals surface area contributed by atoms with Crippen LogP contribution in [0.5, 0.6) is 0 Å². The molecule has 2 aromatic carbocycles. The van der Waals surface area contributed by atoms with Crippen LogP contribution >= 0.6 is 11.6 Å². The Morgan fingerprint density at radius 2 is 2.00 bits per heavy atom. The molecule has 104 valence electrons. The Kier molecular flexibility index (Phi) is 3.46. The first-order valence-electron chi connectivity index (χ1n) is 6.34. The van der Waals surface area contributed by atoms with Crippen LogP contribution in [-0.2, 0) is 0 Å². The number of nitrogens with one attached hydrogen (secondary N) is 1. The molecule has 3 aromatic rings. The van der Waals surface area contributed by atoms with E-state index < -0.39 is 0 Å². The Morgan fingerprint density at radius 3 is 2.81 bits per heavy atom. The Labute approximate surface area is 126 Å². The number of carbonyl (C=O) groups excluding carboxylic acids is 1. The fourth-order valence-corrected chi connectivity index (χ4v) is 2.21. The van der Waals surface area contributed by atoms with Gasteiger partial charge >= 0.3 is 0 Å². The van der Waals surface area contributed by atoms with Crippen molar-refractivity contribution in [1.82, 2.24) is 4.98 Å². The van der Waals surface area contributed by atoms with Crippen molar-refractivity contribution < 1.29 is 4.79 Å². The van der Waals surface area contributed by atoms with E-state index in [9.17, 15) is 4.79 Å². The Bertz CT molecular complexity index is 833. The second-order valence-corrected chi connectivity index (χ2v) is 5.01. The molecule has 4 nitrogen and oxygen atoms in total. The van der Waals surface area contributed by atoms with Crippen molar-refractivity contribution in [2.24, 2.45) is 0 Å². The van der Waals surface area contributed by atoms with Crippen LogP contribution in [-0.4, -0.2) is 10.9 Å². The van der Waals surface area contributed by atoms with Crippen molar-refractivity contribution in [3.8, 4) is 0 Å². The van der Waals surface area contributed by atoms with Crippen LogP contribution in [0, 0.1) is 0 Å². The number of rotatable bonds is 2. The van der Waals surface area contributed by atoms with Gasteiger partial charge in [-0.1, -0.05) is 17.7 Å². The van der Waals surface area contributed by atoms with Gasteiger partial charge in [0.25, 0.3) is 5.91 Å². The van der Waals surface area contributed by atoms with E-state index in [4.69, 9.17) is 17.3 Å². The minimum absolute atomic E-state index is 0.236. The van der Waals surface area contributed by atoms with Crippen LogP contribution in [0.15, 0.2) is 54.7 Å². The third kappa shape index (κ3) is 2.80. The lowest BCUT2D eigenvalue weighted by molar-refractivity contribution is 0.102. The number of halogens is 1. The topological polar surface area (TPSA) is 68.0 Å². The molecule has 0 aliphatic carbocycles. The molecule has 0 atom stereocenters. The third-order valence-corrected chi connectivity index (χ3v) is 3.45. The van der Waals surface area contributed by atoms with Gasteiger partial charge in [-0.3, -0.25) is 9.78 Å². The molecule has 0 bridgehead atoms. The van der Waals surface area contributed by atoms with E-state index in [-0.39, 0.29) is 5.91 Å². The molecule has 3 N–H and O–H groups in total. The number of aromatic nitrogens is 1. The van der Waals surface area contributed by atoms with Gasteiger partial charge in [0, 0.05) is 22.8 Å². The summed E-state index contributed by atoms with van der Waals surface area (Å²) >= 11 is 5.93. The molecule has 21 heavy (non-hydrogen) atoms. The second-order valence-electron chi connectivity index (χ2n) is 4.60. The van der Waals surface area contributed by atoms with Crippen LogP contribution in [0.2, 0.25) is 5.02 Å². The first-order chi connectivity index (χ1) is 10.1. The van der Waals surface area contributed by atoms with E-state index in [1.54, 1.807) is 24.4 Å². The number of nitrogens with zero attached hydrogens (tertiary/aromatic N) is 1. The summed E-state index contributed by atoms with van der Waals surface area (Å²) in [5.74, 6) is -0.236. The summed E-state index contributed by atoms with van der Waals surface area (Å²) in [5.41, 5.74) is 8.12. The Morgan fingerprint density at radius 1 is 1.14 bits per heavy atom. The van der Waals surface area contributed by atoms with E-state index in [2.05, 4.69) is 10.3 Å². The summed E-state index contributed by atoms with van der Waals surface area (Å²) in [5, 5.41) is 4.16. The summed E-state index contributed by atoms with van der Waals surface area (Å²) in [7, 11) is 0. The number of pyridine rings is 1. The predicted molar refractivity (Wildman–Crippen MR) is 85.6 cm³/mol. The molecule has 0 saturated carbocycles. The maximum atomic E-state index is 12.2. The standard InChI is InChI=1S/C16H12ClN3O/c17-13-9-11(3-5-14(13)18)16(21)20-12-4-6-15-10(8-12)2-1-7-19-15/h1-9H,18H2,(H,20,21). The normalized spacial score (nSPS) is 10.5. The highest BCUT2D eigenvalue weighted by Crippen LogP contribution is 2.21. The third-order valence-electron chi connectivity index (χ3n) is 3.12. The van der Waals surface area contributed by atoms with Crippen LogP contribution in [0.25, 0.3) is 10.9 Å². The summed E-state index contributed by atoms with van der Waals surface area (Å²) in [6, 6.07) is 14.1. The molecule has 1 amide bonds. The molecule has 0 unspecified atom stereocenters. The SMILES string of the molecule is Nc1ccc(C(=O)Nc2ccc3ncccc3c2)cc1Cl. The fourth-order valence-electron chi connectivity index (χ4n) is 2.03. The molecule has 5 heteroatoms. The Balaban J connectivity index is 1.87. The maximum absolute atomic E-state index is 12.2. The number of fused-ring (bicyclic) bond motifs is 1. The molecule has 0 aliphatic heterocycles. The summed E-state index contributed by atoms with van der Waals surface area (Å²) < 4.78 is 0. The smallest absolute Gasteiger partial charge is 0.255 e. The van der Waals surface area contributed by atoms with Crippen LogP contribution in [0.4, 0.5) is 11.4 Å². The van der Waals surface area contributed by atoms with E-state index in [0.717, 1.165) is 10.9 Å². The van der Waals surface area contributed by atoms with Crippen LogP contribution in [0.1, 0.15) is 10.4 Å². The molecular formula is C16H12ClN3O. The zero-order chi connectivity index (χ0) is 14.8. The number of benzene rings is 2. The summed E-state index contributed by atoms with van der Waals surface area (Å²) in [6.45, 7) is 0. The maximum Gasteiger partial charge on any atom is 0.255 e. The molecule has 1 aromatic heterocycles. The van der Waals surface area contributed by atoms with Gasteiger partial charge in [-0.25, -0.2) is 0 Å². The van der Waals surface area contributed by atoms with Crippen molar-refractivity contribution in [3.63, 3.8) is 0 Å². The zero-order valence-corrected chi connectivity index (χ0v) is 11.8.